The predicted molar refractivity (Wildman–Crippen MR) is 63.5 cm³/mol. The maximum atomic E-state index is 13.1. The third-order valence-corrected chi connectivity index (χ3v) is 3.46. The molecule has 0 aliphatic heterocycles. The molecule has 0 saturated carbocycles. The molecule has 2 rings (SSSR count). The summed E-state index contributed by atoms with van der Waals surface area (Å²) in [4.78, 5) is 15.9. The second-order valence-electron chi connectivity index (χ2n) is 3.58. The summed E-state index contributed by atoms with van der Waals surface area (Å²) in [5.74, 6) is -1.87. The Balaban J connectivity index is 2.48. The number of ether oxygens (including phenoxy) is 1. The van der Waals surface area contributed by atoms with Gasteiger partial charge in [-0.15, -0.1) is 11.3 Å². The molecule has 94 valence electrons. The minimum Gasteiger partial charge on any atom is -0.465 e. The van der Waals surface area contributed by atoms with Crippen LogP contribution in [0.5, 0.6) is 0 Å². The lowest BCUT2D eigenvalue weighted by atomic mass is 10.2. The highest BCUT2D eigenvalue weighted by Crippen LogP contribution is 2.29. The zero-order valence-corrected chi connectivity index (χ0v) is 10.5. The molecule has 3 nitrogen and oxygen atoms in total. The summed E-state index contributed by atoms with van der Waals surface area (Å²) in [5, 5.41) is 0.381. The lowest BCUT2D eigenvalue weighted by molar-refractivity contribution is 0.0605. The molecule has 18 heavy (non-hydrogen) atoms. The van der Waals surface area contributed by atoms with Gasteiger partial charge in [-0.1, -0.05) is 0 Å². The minimum atomic E-state index is -0.683. The van der Waals surface area contributed by atoms with Crippen LogP contribution in [0, 0.1) is 18.6 Å². The van der Waals surface area contributed by atoms with Gasteiger partial charge in [0, 0.05) is 11.6 Å². The van der Waals surface area contributed by atoms with Gasteiger partial charge in [0.1, 0.15) is 21.5 Å². The molecule has 0 aliphatic carbocycles. The molecule has 0 N–H and O–H groups in total. The van der Waals surface area contributed by atoms with E-state index in [9.17, 15) is 13.6 Å². The van der Waals surface area contributed by atoms with Crippen molar-refractivity contribution in [1.29, 1.82) is 0 Å². The Morgan fingerprint density at radius 3 is 2.44 bits per heavy atom. The van der Waals surface area contributed by atoms with Crippen molar-refractivity contribution in [1.82, 2.24) is 4.98 Å². The van der Waals surface area contributed by atoms with Gasteiger partial charge in [-0.05, 0) is 19.1 Å². The summed E-state index contributed by atoms with van der Waals surface area (Å²) in [6, 6.07) is 3.12. The van der Waals surface area contributed by atoms with Crippen LogP contribution in [0.1, 0.15) is 15.4 Å². The molecule has 1 aromatic carbocycles. The van der Waals surface area contributed by atoms with Gasteiger partial charge < -0.3 is 4.74 Å². The van der Waals surface area contributed by atoms with Crippen molar-refractivity contribution in [2.45, 2.75) is 6.92 Å². The Hall–Kier alpha value is -1.82. The van der Waals surface area contributed by atoms with Gasteiger partial charge >= 0.3 is 5.97 Å². The van der Waals surface area contributed by atoms with Crippen molar-refractivity contribution in [3.63, 3.8) is 0 Å². The monoisotopic (exact) mass is 269 g/mol. The number of carbonyl (C=O) groups excluding carboxylic acids is 1. The third-order valence-electron chi connectivity index (χ3n) is 2.28. The predicted octanol–water partition coefficient (Wildman–Crippen LogP) is 3.18. The highest BCUT2D eigenvalue weighted by Gasteiger charge is 2.17. The Morgan fingerprint density at radius 2 is 1.89 bits per heavy atom. The van der Waals surface area contributed by atoms with E-state index in [0.717, 1.165) is 17.4 Å². The van der Waals surface area contributed by atoms with Crippen molar-refractivity contribution in [2.75, 3.05) is 7.11 Å². The number of halogens is 2. The Morgan fingerprint density at radius 1 is 1.28 bits per heavy atom. The fourth-order valence-corrected chi connectivity index (χ4v) is 2.45. The van der Waals surface area contributed by atoms with E-state index in [-0.39, 0.29) is 0 Å². The molecule has 0 saturated heterocycles. The largest absolute Gasteiger partial charge is 0.465 e. The molecule has 0 unspecified atom stereocenters. The molecule has 0 bridgehead atoms. The van der Waals surface area contributed by atoms with Crippen molar-refractivity contribution in [3.8, 4) is 10.6 Å². The molecule has 0 aliphatic rings. The van der Waals surface area contributed by atoms with Crippen LogP contribution in [0.4, 0.5) is 8.78 Å². The first kappa shape index (κ1) is 12.6. The SMILES string of the molecule is COC(=O)c1sc(-c2cc(F)cc(F)c2)nc1C. The first-order valence-electron chi connectivity index (χ1n) is 5.03. The topological polar surface area (TPSA) is 39.2 Å². The Labute approximate surface area is 106 Å². The molecule has 0 atom stereocenters. The van der Waals surface area contributed by atoms with Gasteiger partial charge in [-0.3, -0.25) is 0 Å². The fraction of sp³-hybridized carbons (Fsp3) is 0.167. The van der Waals surface area contributed by atoms with Crippen LogP contribution in [0.25, 0.3) is 10.6 Å². The first-order chi connectivity index (χ1) is 8.51. The van der Waals surface area contributed by atoms with Crippen LogP contribution in [-0.4, -0.2) is 18.1 Å². The Bertz CT molecular complexity index is 590. The second-order valence-corrected chi connectivity index (χ2v) is 4.58. The zero-order valence-electron chi connectivity index (χ0n) is 9.66. The summed E-state index contributed by atoms with van der Waals surface area (Å²) in [5.41, 5.74) is 0.780. The molecule has 6 heteroatoms. The van der Waals surface area contributed by atoms with E-state index in [1.54, 1.807) is 6.92 Å². The van der Waals surface area contributed by atoms with Gasteiger partial charge in [0.15, 0.2) is 0 Å². The Kier molecular flexibility index (Phi) is 3.38. The summed E-state index contributed by atoms with van der Waals surface area (Å²) in [7, 11) is 1.27. The normalized spacial score (nSPS) is 10.4. The first-order valence-corrected chi connectivity index (χ1v) is 5.85. The number of carbonyl (C=O) groups is 1. The van der Waals surface area contributed by atoms with Crippen LogP contribution in [0.15, 0.2) is 18.2 Å². The maximum Gasteiger partial charge on any atom is 0.349 e. The molecule has 0 amide bonds. The smallest absolute Gasteiger partial charge is 0.349 e. The number of hydrogen-bond acceptors (Lipinski definition) is 4. The van der Waals surface area contributed by atoms with E-state index >= 15 is 0 Å². The number of methoxy groups -OCH3 is 1. The van der Waals surface area contributed by atoms with Crippen molar-refractivity contribution >= 4 is 17.3 Å². The highest BCUT2D eigenvalue weighted by atomic mass is 32.1. The molecule has 0 spiro atoms. The van der Waals surface area contributed by atoms with Crippen LogP contribution in [0.2, 0.25) is 0 Å². The minimum absolute atomic E-state index is 0.302. The standard InChI is InChI=1S/C12H9F2NO2S/c1-6-10(12(16)17-2)18-11(15-6)7-3-8(13)5-9(14)4-7/h3-5H,1-2H3. The number of benzene rings is 1. The lowest BCUT2D eigenvalue weighted by Crippen LogP contribution is -1.99. The number of rotatable bonds is 2. The quantitative estimate of drug-likeness (QED) is 0.786. The third kappa shape index (κ3) is 2.38. The van der Waals surface area contributed by atoms with Gasteiger partial charge in [-0.2, -0.15) is 0 Å². The molecule has 0 radical (unpaired) electrons. The van der Waals surface area contributed by atoms with Crippen LogP contribution in [0.3, 0.4) is 0 Å². The summed E-state index contributed by atoms with van der Waals surface area (Å²) in [6.07, 6.45) is 0. The van der Waals surface area contributed by atoms with E-state index in [1.807, 2.05) is 0 Å². The summed E-state index contributed by atoms with van der Waals surface area (Å²) < 4.78 is 30.8. The van der Waals surface area contributed by atoms with Gasteiger partial charge in [-0.25, -0.2) is 18.6 Å². The van der Waals surface area contributed by atoms with E-state index < -0.39 is 17.6 Å². The number of esters is 1. The maximum absolute atomic E-state index is 13.1. The molecule has 2 aromatic rings. The van der Waals surface area contributed by atoms with Crippen molar-refractivity contribution < 1.29 is 18.3 Å². The number of hydrogen-bond donors (Lipinski definition) is 0. The van der Waals surface area contributed by atoms with Gasteiger partial charge in [0.2, 0.25) is 0 Å². The second kappa shape index (κ2) is 4.81. The van der Waals surface area contributed by atoms with E-state index in [2.05, 4.69) is 9.72 Å². The zero-order chi connectivity index (χ0) is 13.3. The summed E-state index contributed by atoms with van der Waals surface area (Å²) in [6.45, 7) is 1.64. The highest BCUT2D eigenvalue weighted by molar-refractivity contribution is 7.17. The van der Waals surface area contributed by atoms with E-state index in [0.29, 0.717) is 21.1 Å². The van der Waals surface area contributed by atoms with Crippen LogP contribution >= 0.6 is 11.3 Å². The number of aromatic nitrogens is 1. The van der Waals surface area contributed by atoms with Crippen LogP contribution in [-0.2, 0) is 4.74 Å². The van der Waals surface area contributed by atoms with Gasteiger partial charge in [0.25, 0.3) is 0 Å². The molecule has 1 aromatic heterocycles. The van der Waals surface area contributed by atoms with E-state index in [1.165, 1.54) is 19.2 Å². The molecule has 1 heterocycles. The number of aryl methyl sites for hydroxylation is 1. The van der Waals surface area contributed by atoms with E-state index in [4.69, 9.17) is 0 Å². The number of thiazole rings is 1. The molecule has 0 fully saturated rings. The van der Waals surface area contributed by atoms with Gasteiger partial charge in [0.05, 0.1) is 12.8 Å². The number of nitrogens with zero attached hydrogens (tertiary/aromatic N) is 1. The average molecular weight is 269 g/mol. The lowest BCUT2D eigenvalue weighted by Gasteiger charge is -1.97. The van der Waals surface area contributed by atoms with Crippen molar-refractivity contribution in [2.24, 2.45) is 0 Å². The average Bonchev–Trinajstić information content (AvgIpc) is 2.69. The summed E-state index contributed by atoms with van der Waals surface area (Å²) >= 11 is 1.04. The molecular formula is C12H9F2NO2S. The molecular weight excluding hydrogens is 260 g/mol. The van der Waals surface area contributed by atoms with Crippen molar-refractivity contribution in [3.05, 3.63) is 40.4 Å². The van der Waals surface area contributed by atoms with Crippen LogP contribution < -0.4 is 0 Å². The fourth-order valence-electron chi connectivity index (χ4n) is 1.48.